The Hall–Kier alpha value is -5.45. The number of nitrogens with zero attached hydrogens (tertiary/aromatic N) is 8. The summed E-state index contributed by atoms with van der Waals surface area (Å²) in [7, 11) is 0. The Balaban J connectivity index is 1.22. The van der Waals surface area contributed by atoms with E-state index in [1.165, 1.54) is 4.90 Å². The van der Waals surface area contributed by atoms with E-state index < -0.39 is 11.9 Å². The molecule has 3 aromatic heterocycles. The van der Waals surface area contributed by atoms with E-state index in [1.54, 1.807) is 15.6 Å². The number of rotatable bonds is 8. The van der Waals surface area contributed by atoms with Gasteiger partial charge in [0.25, 0.3) is 0 Å². The fourth-order valence-corrected chi connectivity index (χ4v) is 5.75. The Labute approximate surface area is 258 Å². The molecule has 1 unspecified atom stereocenters. The average molecular weight is 613 g/mol. The van der Waals surface area contributed by atoms with E-state index in [4.69, 9.17) is 5.26 Å². The number of hydrogen-bond acceptors (Lipinski definition) is 9. The predicted molar refractivity (Wildman–Crippen MR) is 165 cm³/mol. The van der Waals surface area contributed by atoms with Crippen LogP contribution in [0.5, 0.6) is 0 Å². The lowest BCUT2D eigenvalue weighted by atomic mass is 10.1. The lowest BCUT2D eigenvalue weighted by Gasteiger charge is -2.34. The number of carbonyl (C=O) groups is 2. The van der Waals surface area contributed by atoms with E-state index in [9.17, 15) is 14.7 Å². The lowest BCUT2D eigenvalue weighted by Crippen LogP contribution is -2.48. The Kier molecular flexibility index (Phi) is 8.58. The summed E-state index contributed by atoms with van der Waals surface area (Å²) in [6, 6.07) is 15.1. The molecule has 2 aliphatic rings. The number of benzene rings is 1. The van der Waals surface area contributed by atoms with Crippen molar-refractivity contribution in [2.24, 2.45) is 0 Å². The van der Waals surface area contributed by atoms with Crippen LogP contribution < -0.4 is 15.5 Å². The average Bonchev–Trinajstić information content (AvgIpc) is 3.50. The van der Waals surface area contributed by atoms with Gasteiger partial charge in [0.2, 0.25) is 11.7 Å². The summed E-state index contributed by atoms with van der Waals surface area (Å²) in [6.07, 6.45) is 3.80. The standard InChI is InChI=1S/C31H33FN10O3/c32-27-29(34-18-21-6-8-23(9-7-21)39-14-16-40(17-15-39)31(44)45)37-28(24-19-35-42-13-2-1-5-25(24)42)38-30(27)36-22-4-3-12-41(20-22)26(43)10-11-33/h1-2,5-9,13,19,22H,3-4,10,12,14-18,20H2,(H,44,45)(H2,34,36,37,38). The van der Waals surface area contributed by atoms with Gasteiger partial charge in [-0.05, 0) is 42.7 Å². The number of likely N-dealkylation sites (tertiary alicyclic amines) is 1. The highest BCUT2D eigenvalue weighted by molar-refractivity contribution is 5.79. The maximum absolute atomic E-state index is 16.0. The molecule has 14 heteroatoms. The molecular weight excluding hydrogens is 579 g/mol. The summed E-state index contributed by atoms with van der Waals surface area (Å²) in [5.74, 6) is -0.529. The number of pyridine rings is 1. The lowest BCUT2D eigenvalue weighted by molar-refractivity contribution is -0.131. The topological polar surface area (TPSA) is 155 Å². The van der Waals surface area contributed by atoms with Gasteiger partial charge in [0, 0.05) is 63.7 Å². The van der Waals surface area contributed by atoms with Crippen LogP contribution in [0.1, 0.15) is 24.8 Å². The number of amides is 2. The highest BCUT2D eigenvalue weighted by Gasteiger charge is 2.26. The third kappa shape index (κ3) is 6.57. The zero-order valence-electron chi connectivity index (χ0n) is 24.6. The van der Waals surface area contributed by atoms with Crippen LogP contribution in [0.15, 0.2) is 54.9 Å². The Morgan fingerprint density at radius 3 is 2.56 bits per heavy atom. The fraction of sp³-hybridized carbons (Fsp3) is 0.355. The predicted octanol–water partition coefficient (Wildman–Crippen LogP) is 3.66. The molecular formula is C31H33FN10O3. The minimum Gasteiger partial charge on any atom is -0.465 e. The van der Waals surface area contributed by atoms with Gasteiger partial charge in [0.15, 0.2) is 17.5 Å². The first kappa shape index (κ1) is 29.6. The first-order valence-corrected chi connectivity index (χ1v) is 14.9. The van der Waals surface area contributed by atoms with Gasteiger partial charge < -0.3 is 30.4 Å². The molecule has 2 saturated heterocycles. The van der Waals surface area contributed by atoms with Crippen LogP contribution in [0, 0.1) is 17.1 Å². The Morgan fingerprint density at radius 2 is 1.80 bits per heavy atom. The number of nitrogens with one attached hydrogen (secondary N) is 2. The van der Waals surface area contributed by atoms with E-state index in [0.717, 1.165) is 23.2 Å². The van der Waals surface area contributed by atoms with Gasteiger partial charge in [-0.1, -0.05) is 18.2 Å². The van der Waals surface area contributed by atoms with E-state index in [2.05, 4.69) is 30.6 Å². The normalized spacial score (nSPS) is 16.8. The second-order valence-electron chi connectivity index (χ2n) is 11.1. The van der Waals surface area contributed by atoms with Crippen molar-refractivity contribution in [3.63, 3.8) is 0 Å². The van der Waals surface area contributed by atoms with Gasteiger partial charge in [0.05, 0.1) is 23.3 Å². The van der Waals surface area contributed by atoms with Crippen LogP contribution in [-0.2, 0) is 11.3 Å². The van der Waals surface area contributed by atoms with E-state index in [0.29, 0.717) is 63.6 Å². The van der Waals surface area contributed by atoms with Crippen LogP contribution >= 0.6 is 0 Å². The molecule has 6 rings (SSSR count). The molecule has 4 aromatic rings. The minimum atomic E-state index is -0.900. The van der Waals surface area contributed by atoms with E-state index in [-0.39, 0.29) is 30.0 Å². The summed E-state index contributed by atoms with van der Waals surface area (Å²) in [6.45, 7) is 3.33. The SMILES string of the molecule is N#CCC(=O)N1CCCC(Nc2nc(-c3cnn4ccccc34)nc(NCc3ccc(N4CCN(C(=O)O)CC4)cc3)c2F)C1. The molecule has 1 aromatic carbocycles. The van der Waals surface area contributed by atoms with Gasteiger partial charge in [-0.3, -0.25) is 4.79 Å². The number of hydrogen-bond donors (Lipinski definition) is 3. The van der Waals surface area contributed by atoms with Gasteiger partial charge in [-0.2, -0.15) is 14.8 Å². The number of piperazine rings is 1. The summed E-state index contributed by atoms with van der Waals surface area (Å²) < 4.78 is 17.7. The van der Waals surface area contributed by atoms with Gasteiger partial charge in [-0.25, -0.2) is 19.3 Å². The van der Waals surface area contributed by atoms with Crippen molar-refractivity contribution >= 4 is 34.8 Å². The molecule has 0 aliphatic carbocycles. The second-order valence-corrected chi connectivity index (χ2v) is 11.1. The van der Waals surface area contributed by atoms with Crippen LogP contribution in [0.25, 0.3) is 16.9 Å². The van der Waals surface area contributed by atoms with Crippen LogP contribution in [0.4, 0.5) is 26.5 Å². The molecule has 3 N–H and O–H groups in total. The molecule has 0 bridgehead atoms. The molecule has 0 saturated carbocycles. The number of nitriles is 1. The molecule has 0 spiro atoms. The summed E-state index contributed by atoms with van der Waals surface area (Å²) in [5, 5.41) is 28.9. The number of piperidine rings is 1. The van der Waals surface area contributed by atoms with Crippen LogP contribution in [0.3, 0.4) is 0 Å². The highest BCUT2D eigenvalue weighted by Crippen LogP contribution is 2.29. The van der Waals surface area contributed by atoms with E-state index >= 15 is 4.39 Å². The van der Waals surface area contributed by atoms with Crippen molar-refractivity contribution in [1.82, 2.24) is 29.4 Å². The smallest absolute Gasteiger partial charge is 0.407 e. The monoisotopic (exact) mass is 612 g/mol. The molecule has 0 radical (unpaired) electrons. The van der Waals surface area contributed by atoms with Crippen LogP contribution in [0.2, 0.25) is 0 Å². The quantitative estimate of drug-likeness (QED) is 0.269. The maximum Gasteiger partial charge on any atom is 0.407 e. The van der Waals surface area contributed by atoms with Gasteiger partial charge >= 0.3 is 6.09 Å². The minimum absolute atomic E-state index is 0.0215. The van der Waals surface area contributed by atoms with Gasteiger partial charge in [-0.15, -0.1) is 0 Å². The van der Waals surface area contributed by atoms with E-state index in [1.807, 2.05) is 54.7 Å². The molecule has 1 atom stereocenters. The molecule has 2 amide bonds. The number of carboxylic acid groups (broad SMARTS) is 1. The third-order valence-electron chi connectivity index (χ3n) is 8.18. The first-order valence-electron chi connectivity index (χ1n) is 14.9. The molecule has 45 heavy (non-hydrogen) atoms. The largest absolute Gasteiger partial charge is 0.465 e. The highest BCUT2D eigenvalue weighted by atomic mass is 19.1. The number of fused-ring (bicyclic) bond motifs is 1. The molecule has 2 fully saturated rings. The molecule has 2 aliphatic heterocycles. The fourth-order valence-electron chi connectivity index (χ4n) is 5.75. The van der Waals surface area contributed by atoms with Crippen molar-refractivity contribution in [1.29, 1.82) is 5.26 Å². The summed E-state index contributed by atoms with van der Waals surface area (Å²) in [5.41, 5.74) is 3.32. The number of aromatic nitrogens is 4. The van der Waals surface area contributed by atoms with Crippen molar-refractivity contribution in [2.45, 2.75) is 31.8 Å². The molecule has 5 heterocycles. The third-order valence-corrected chi connectivity index (χ3v) is 8.18. The number of carbonyl (C=O) groups excluding carboxylic acids is 1. The van der Waals surface area contributed by atoms with Crippen molar-refractivity contribution in [3.05, 3.63) is 66.2 Å². The first-order chi connectivity index (χ1) is 21.9. The Bertz CT molecular complexity index is 1730. The number of anilines is 3. The molecule has 13 nitrogen and oxygen atoms in total. The second kappa shape index (κ2) is 13.0. The van der Waals surface area contributed by atoms with Crippen molar-refractivity contribution < 1.29 is 19.1 Å². The summed E-state index contributed by atoms with van der Waals surface area (Å²) in [4.78, 5) is 37.9. The van der Waals surface area contributed by atoms with Gasteiger partial charge in [0.1, 0.15) is 6.42 Å². The van der Waals surface area contributed by atoms with Crippen molar-refractivity contribution in [2.75, 3.05) is 54.8 Å². The Morgan fingerprint density at radius 1 is 1.02 bits per heavy atom. The van der Waals surface area contributed by atoms with Crippen LogP contribution in [-0.4, -0.2) is 91.8 Å². The zero-order valence-corrected chi connectivity index (χ0v) is 24.6. The number of halogens is 1. The zero-order chi connectivity index (χ0) is 31.3. The summed E-state index contributed by atoms with van der Waals surface area (Å²) >= 11 is 0. The maximum atomic E-state index is 16.0. The van der Waals surface area contributed by atoms with Crippen molar-refractivity contribution in [3.8, 4) is 17.5 Å². The molecule has 232 valence electrons.